The first-order valence-electron chi connectivity index (χ1n) is 7.29. The van der Waals surface area contributed by atoms with Gasteiger partial charge in [0.1, 0.15) is 0 Å². The van der Waals surface area contributed by atoms with E-state index in [9.17, 15) is 4.79 Å². The highest BCUT2D eigenvalue weighted by Crippen LogP contribution is 2.17. The molecular formula is C16H24N2O. The van der Waals surface area contributed by atoms with Crippen LogP contribution in [-0.2, 0) is 4.79 Å². The van der Waals surface area contributed by atoms with Crippen LogP contribution in [0.25, 0.3) is 0 Å². The number of amides is 1. The smallest absolute Gasteiger partial charge is 0.227 e. The van der Waals surface area contributed by atoms with Gasteiger partial charge in [0.05, 0.1) is 5.92 Å². The number of carbonyl (C=O) groups is 1. The Morgan fingerprint density at radius 1 is 1.42 bits per heavy atom. The zero-order chi connectivity index (χ0) is 13.7. The van der Waals surface area contributed by atoms with E-state index < -0.39 is 0 Å². The Morgan fingerprint density at radius 3 is 2.84 bits per heavy atom. The quantitative estimate of drug-likeness (QED) is 0.881. The zero-order valence-corrected chi connectivity index (χ0v) is 11.9. The van der Waals surface area contributed by atoms with Crippen LogP contribution in [0, 0.1) is 0 Å². The molecule has 1 aliphatic heterocycles. The molecule has 0 aromatic heterocycles. The van der Waals surface area contributed by atoms with Gasteiger partial charge in [-0.1, -0.05) is 37.3 Å². The van der Waals surface area contributed by atoms with E-state index in [4.69, 9.17) is 0 Å². The molecule has 104 valence electrons. The van der Waals surface area contributed by atoms with Crippen LogP contribution in [0.3, 0.4) is 0 Å². The van der Waals surface area contributed by atoms with Gasteiger partial charge in [-0.25, -0.2) is 0 Å². The Hall–Kier alpha value is -1.35. The van der Waals surface area contributed by atoms with Gasteiger partial charge in [-0.2, -0.15) is 0 Å². The number of nitrogens with one attached hydrogen (secondary N) is 1. The second kappa shape index (κ2) is 6.71. The Bertz CT molecular complexity index is 404. The zero-order valence-electron chi connectivity index (χ0n) is 11.9. The standard InChI is InChI=1S/C16H24N2O/c1-3-18-11-7-10-15(18)12-17-16(19)13(2)14-8-5-4-6-9-14/h4-6,8-9,13,15H,3,7,10-12H2,1-2H3,(H,17,19)/t13-,15-/m1/s1. The molecule has 1 aliphatic rings. The maximum Gasteiger partial charge on any atom is 0.227 e. The van der Waals surface area contributed by atoms with Gasteiger partial charge >= 0.3 is 0 Å². The van der Waals surface area contributed by atoms with Gasteiger partial charge in [0.15, 0.2) is 0 Å². The predicted octanol–water partition coefficient (Wildman–Crippen LogP) is 2.39. The van der Waals surface area contributed by atoms with Crippen molar-refractivity contribution in [1.29, 1.82) is 0 Å². The van der Waals surface area contributed by atoms with Crippen molar-refractivity contribution in [1.82, 2.24) is 10.2 Å². The fourth-order valence-corrected chi connectivity index (χ4v) is 2.81. The molecule has 0 aliphatic carbocycles. The molecule has 0 spiro atoms. The van der Waals surface area contributed by atoms with Crippen LogP contribution in [0.4, 0.5) is 0 Å². The molecule has 0 saturated carbocycles. The third-order valence-corrected chi connectivity index (χ3v) is 4.11. The van der Waals surface area contributed by atoms with Crippen LogP contribution in [0.15, 0.2) is 30.3 Å². The Kier molecular flexibility index (Phi) is 4.97. The molecule has 0 radical (unpaired) electrons. The molecule has 1 aromatic carbocycles. The minimum absolute atomic E-state index is 0.0716. The molecule has 1 N–H and O–H groups in total. The largest absolute Gasteiger partial charge is 0.354 e. The highest BCUT2D eigenvalue weighted by Gasteiger charge is 2.24. The summed E-state index contributed by atoms with van der Waals surface area (Å²) < 4.78 is 0. The van der Waals surface area contributed by atoms with Crippen molar-refractivity contribution >= 4 is 5.91 Å². The number of hydrogen-bond donors (Lipinski definition) is 1. The monoisotopic (exact) mass is 260 g/mol. The minimum atomic E-state index is -0.0716. The van der Waals surface area contributed by atoms with Gasteiger partial charge in [-0.3, -0.25) is 9.69 Å². The summed E-state index contributed by atoms with van der Waals surface area (Å²) in [6.45, 7) is 7.19. The summed E-state index contributed by atoms with van der Waals surface area (Å²) in [5.41, 5.74) is 1.08. The minimum Gasteiger partial charge on any atom is -0.354 e. The van der Waals surface area contributed by atoms with E-state index in [0.717, 1.165) is 18.7 Å². The van der Waals surface area contributed by atoms with Gasteiger partial charge in [-0.05, 0) is 38.4 Å². The van der Waals surface area contributed by atoms with Crippen molar-refractivity contribution in [3.05, 3.63) is 35.9 Å². The van der Waals surface area contributed by atoms with Gasteiger partial charge in [0.25, 0.3) is 0 Å². The number of benzene rings is 1. The molecule has 0 unspecified atom stereocenters. The highest BCUT2D eigenvalue weighted by atomic mass is 16.1. The van der Waals surface area contributed by atoms with Crippen LogP contribution in [0.2, 0.25) is 0 Å². The Balaban J connectivity index is 1.84. The van der Waals surface area contributed by atoms with E-state index in [-0.39, 0.29) is 11.8 Å². The predicted molar refractivity (Wildman–Crippen MR) is 78.1 cm³/mol. The van der Waals surface area contributed by atoms with E-state index in [1.165, 1.54) is 19.4 Å². The van der Waals surface area contributed by atoms with Crippen LogP contribution in [0.1, 0.15) is 38.2 Å². The van der Waals surface area contributed by atoms with Crippen LogP contribution in [0.5, 0.6) is 0 Å². The molecule has 1 fully saturated rings. The summed E-state index contributed by atoms with van der Waals surface area (Å²) in [7, 11) is 0. The third kappa shape index (κ3) is 3.57. The topological polar surface area (TPSA) is 32.3 Å². The second-order valence-corrected chi connectivity index (χ2v) is 5.30. The molecule has 3 nitrogen and oxygen atoms in total. The van der Waals surface area contributed by atoms with E-state index in [2.05, 4.69) is 17.1 Å². The van der Waals surface area contributed by atoms with E-state index >= 15 is 0 Å². The van der Waals surface area contributed by atoms with Crippen molar-refractivity contribution in [2.75, 3.05) is 19.6 Å². The molecule has 2 rings (SSSR count). The lowest BCUT2D eigenvalue weighted by atomic mass is 10.0. The third-order valence-electron chi connectivity index (χ3n) is 4.11. The normalized spacial score (nSPS) is 21.3. The average molecular weight is 260 g/mol. The molecule has 2 atom stereocenters. The van der Waals surface area contributed by atoms with Crippen LogP contribution < -0.4 is 5.32 Å². The maximum absolute atomic E-state index is 12.2. The van der Waals surface area contributed by atoms with Crippen molar-refractivity contribution in [3.8, 4) is 0 Å². The van der Waals surface area contributed by atoms with Crippen molar-refractivity contribution in [3.63, 3.8) is 0 Å². The molecule has 3 heteroatoms. The molecule has 1 amide bonds. The first-order valence-corrected chi connectivity index (χ1v) is 7.29. The first-order chi connectivity index (χ1) is 9.22. The summed E-state index contributed by atoms with van der Waals surface area (Å²) in [5, 5.41) is 3.11. The van der Waals surface area contributed by atoms with Gasteiger partial charge in [-0.15, -0.1) is 0 Å². The number of hydrogen-bond acceptors (Lipinski definition) is 2. The molecule has 1 aromatic rings. The van der Waals surface area contributed by atoms with Crippen molar-refractivity contribution < 1.29 is 4.79 Å². The van der Waals surface area contributed by atoms with Gasteiger partial charge < -0.3 is 5.32 Å². The van der Waals surface area contributed by atoms with Crippen molar-refractivity contribution in [2.24, 2.45) is 0 Å². The second-order valence-electron chi connectivity index (χ2n) is 5.30. The average Bonchev–Trinajstić information content (AvgIpc) is 2.92. The lowest BCUT2D eigenvalue weighted by molar-refractivity contribution is -0.122. The molecule has 0 bridgehead atoms. The number of likely N-dealkylation sites (tertiary alicyclic amines) is 1. The number of carbonyl (C=O) groups excluding carboxylic acids is 1. The lowest BCUT2D eigenvalue weighted by Gasteiger charge is -2.23. The SMILES string of the molecule is CCN1CCC[C@@H]1CNC(=O)[C@H](C)c1ccccc1. The van der Waals surface area contributed by atoms with Crippen LogP contribution in [-0.4, -0.2) is 36.5 Å². The fraction of sp³-hybridized carbons (Fsp3) is 0.562. The Morgan fingerprint density at radius 2 is 2.16 bits per heavy atom. The fourth-order valence-electron chi connectivity index (χ4n) is 2.81. The molecule has 19 heavy (non-hydrogen) atoms. The lowest BCUT2D eigenvalue weighted by Crippen LogP contribution is -2.41. The maximum atomic E-state index is 12.2. The van der Waals surface area contributed by atoms with Crippen LogP contribution >= 0.6 is 0 Å². The van der Waals surface area contributed by atoms with E-state index in [1.54, 1.807) is 0 Å². The summed E-state index contributed by atoms with van der Waals surface area (Å²) in [6.07, 6.45) is 2.45. The number of likely N-dealkylation sites (N-methyl/N-ethyl adjacent to an activating group) is 1. The van der Waals surface area contributed by atoms with Gasteiger partial charge in [0.2, 0.25) is 5.91 Å². The molecule has 1 saturated heterocycles. The molecular weight excluding hydrogens is 236 g/mol. The number of nitrogens with zero attached hydrogens (tertiary/aromatic N) is 1. The number of rotatable bonds is 5. The van der Waals surface area contributed by atoms with Crippen molar-refractivity contribution in [2.45, 2.75) is 38.6 Å². The summed E-state index contributed by atoms with van der Waals surface area (Å²) >= 11 is 0. The summed E-state index contributed by atoms with van der Waals surface area (Å²) in [4.78, 5) is 14.6. The Labute approximate surface area is 116 Å². The van der Waals surface area contributed by atoms with Gasteiger partial charge in [0, 0.05) is 12.6 Å². The summed E-state index contributed by atoms with van der Waals surface area (Å²) in [6, 6.07) is 10.5. The van der Waals surface area contributed by atoms with E-state index in [1.807, 2.05) is 37.3 Å². The first kappa shape index (κ1) is 14.1. The van der Waals surface area contributed by atoms with E-state index in [0.29, 0.717) is 6.04 Å². The highest BCUT2D eigenvalue weighted by molar-refractivity contribution is 5.83. The molecule has 1 heterocycles. The summed E-state index contributed by atoms with van der Waals surface area (Å²) in [5.74, 6) is 0.0619.